The summed E-state index contributed by atoms with van der Waals surface area (Å²) in [7, 11) is 0. The minimum atomic E-state index is -0.344. The maximum atomic E-state index is 11.8. The summed E-state index contributed by atoms with van der Waals surface area (Å²) in [5.74, 6) is 2.03. The summed E-state index contributed by atoms with van der Waals surface area (Å²) in [6, 6.07) is 0. The van der Waals surface area contributed by atoms with Crippen molar-refractivity contribution in [2.24, 2.45) is 17.8 Å². The fourth-order valence-electron chi connectivity index (χ4n) is 3.07. The van der Waals surface area contributed by atoms with Gasteiger partial charge in [0.15, 0.2) is 0 Å². The standard InChI is InChI=1S/C13H23NO2/c1-13(2,3)16-12(15)6-10-4-9-5-11(10)8-14-7-9/h9-11,14H,4-8H2,1-3H3/t9-,10+,11+/m1/s1. The highest BCUT2D eigenvalue weighted by molar-refractivity contribution is 5.70. The van der Waals surface area contributed by atoms with Gasteiger partial charge >= 0.3 is 5.97 Å². The van der Waals surface area contributed by atoms with Crippen molar-refractivity contribution in [1.29, 1.82) is 0 Å². The van der Waals surface area contributed by atoms with Gasteiger partial charge in [0.25, 0.3) is 0 Å². The van der Waals surface area contributed by atoms with E-state index in [4.69, 9.17) is 4.74 Å². The van der Waals surface area contributed by atoms with Crippen LogP contribution in [-0.4, -0.2) is 24.7 Å². The molecule has 0 aromatic rings. The van der Waals surface area contributed by atoms with Gasteiger partial charge in [0.1, 0.15) is 5.60 Å². The molecule has 0 aromatic heterocycles. The number of nitrogens with one attached hydrogen (secondary N) is 1. The molecule has 0 aromatic carbocycles. The molecule has 0 radical (unpaired) electrons. The average Bonchev–Trinajstić information content (AvgIpc) is 2.38. The highest BCUT2D eigenvalue weighted by Gasteiger charge is 2.38. The number of rotatable bonds is 2. The lowest BCUT2D eigenvalue weighted by atomic mass is 9.92. The Balaban J connectivity index is 1.84. The Hall–Kier alpha value is -0.570. The van der Waals surface area contributed by atoms with Gasteiger partial charge in [0.2, 0.25) is 0 Å². The lowest BCUT2D eigenvalue weighted by molar-refractivity contribution is -0.156. The van der Waals surface area contributed by atoms with E-state index in [1.807, 2.05) is 20.8 Å². The van der Waals surface area contributed by atoms with Crippen LogP contribution >= 0.6 is 0 Å². The molecule has 92 valence electrons. The first-order valence-electron chi connectivity index (χ1n) is 6.36. The van der Waals surface area contributed by atoms with Crippen molar-refractivity contribution in [2.75, 3.05) is 13.1 Å². The molecule has 0 amide bonds. The van der Waals surface area contributed by atoms with Crippen molar-refractivity contribution in [1.82, 2.24) is 5.32 Å². The van der Waals surface area contributed by atoms with E-state index in [0.717, 1.165) is 19.0 Å². The van der Waals surface area contributed by atoms with Gasteiger partial charge in [-0.2, -0.15) is 0 Å². The van der Waals surface area contributed by atoms with Crippen LogP contribution in [0.1, 0.15) is 40.0 Å². The van der Waals surface area contributed by atoms with Gasteiger partial charge in [-0.3, -0.25) is 4.79 Å². The second kappa shape index (κ2) is 4.36. The van der Waals surface area contributed by atoms with E-state index in [2.05, 4.69) is 5.32 Å². The van der Waals surface area contributed by atoms with Crippen LogP contribution in [-0.2, 0) is 9.53 Å². The Morgan fingerprint density at radius 3 is 2.69 bits per heavy atom. The van der Waals surface area contributed by atoms with E-state index < -0.39 is 0 Å². The summed E-state index contributed by atoms with van der Waals surface area (Å²) in [4.78, 5) is 11.8. The minimum Gasteiger partial charge on any atom is -0.460 e. The van der Waals surface area contributed by atoms with Crippen LogP contribution in [0.4, 0.5) is 0 Å². The Kier molecular flexibility index (Phi) is 3.24. The Bertz CT molecular complexity index is 270. The van der Waals surface area contributed by atoms with Gasteiger partial charge in [0.05, 0.1) is 0 Å². The highest BCUT2D eigenvalue weighted by atomic mass is 16.6. The number of hydrogen-bond acceptors (Lipinski definition) is 3. The molecule has 1 saturated carbocycles. The summed E-state index contributed by atoms with van der Waals surface area (Å²) in [6.07, 6.45) is 3.12. The molecule has 2 rings (SSSR count). The first-order chi connectivity index (χ1) is 7.44. The van der Waals surface area contributed by atoms with E-state index >= 15 is 0 Å². The van der Waals surface area contributed by atoms with E-state index in [9.17, 15) is 4.79 Å². The first kappa shape index (κ1) is 11.9. The zero-order valence-electron chi connectivity index (χ0n) is 10.6. The van der Waals surface area contributed by atoms with Crippen LogP contribution < -0.4 is 5.32 Å². The van der Waals surface area contributed by atoms with Crippen molar-refractivity contribution in [2.45, 2.75) is 45.6 Å². The topological polar surface area (TPSA) is 38.3 Å². The third-order valence-electron chi connectivity index (χ3n) is 3.63. The molecule has 3 heteroatoms. The van der Waals surface area contributed by atoms with E-state index in [-0.39, 0.29) is 11.6 Å². The molecule has 3 atom stereocenters. The van der Waals surface area contributed by atoms with Crippen LogP contribution in [0.5, 0.6) is 0 Å². The smallest absolute Gasteiger partial charge is 0.306 e. The normalized spacial score (nSPS) is 33.8. The third kappa shape index (κ3) is 2.97. The zero-order chi connectivity index (χ0) is 11.8. The predicted octanol–water partition coefficient (Wildman–Crippen LogP) is 1.96. The molecular formula is C13H23NO2. The van der Waals surface area contributed by atoms with Gasteiger partial charge in [-0.25, -0.2) is 0 Å². The lowest BCUT2D eigenvalue weighted by Gasteiger charge is -2.24. The monoisotopic (exact) mass is 225 g/mol. The van der Waals surface area contributed by atoms with Crippen LogP contribution in [0.3, 0.4) is 0 Å². The Labute approximate surface area is 97.9 Å². The number of ether oxygens (including phenoxy) is 1. The predicted molar refractivity (Wildman–Crippen MR) is 63.0 cm³/mol. The maximum Gasteiger partial charge on any atom is 0.306 e. The molecule has 1 saturated heterocycles. The second-order valence-corrected chi connectivity index (χ2v) is 6.31. The summed E-state index contributed by atoms with van der Waals surface area (Å²) in [5.41, 5.74) is -0.344. The summed E-state index contributed by atoms with van der Waals surface area (Å²) in [5, 5.41) is 3.45. The summed E-state index contributed by atoms with van der Waals surface area (Å²) in [6.45, 7) is 8.02. The molecule has 0 spiro atoms. The molecule has 1 N–H and O–H groups in total. The maximum absolute atomic E-state index is 11.8. The molecule has 3 nitrogen and oxygen atoms in total. The molecule has 2 bridgehead atoms. The molecule has 1 aliphatic carbocycles. The average molecular weight is 225 g/mol. The number of carbonyl (C=O) groups excluding carboxylic acids is 1. The van der Waals surface area contributed by atoms with Crippen LogP contribution in [0.15, 0.2) is 0 Å². The number of carbonyl (C=O) groups is 1. The molecular weight excluding hydrogens is 202 g/mol. The number of fused-ring (bicyclic) bond motifs is 2. The van der Waals surface area contributed by atoms with Gasteiger partial charge in [0, 0.05) is 6.42 Å². The zero-order valence-corrected chi connectivity index (χ0v) is 10.6. The van der Waals surface area contributed by atoms with Crippen molar-refractivity contribution in [3.8, 4) is 0 Å². The minimum absolute atomic E-state index is 0.0231. The SMILES string of the molecule is CC(C)(C)OC(=O)C[C@@H]1C[C@H]2CNC[C@@H]1C2. The van der Waals surface area contributed by atoms with Gasteiger partial charge in [-0.05, 0) is 64.5 Å². The molecule has 2 fully saturated rings. The molecule has 0 unspecified atom stereocenters. The fraction of sp³-hybridized carbons (Fsp3) is 0.923. The summed E-state index contributed by atoms with van der Waals surface area (Å²) < 4.78 is 5.39. The van der Waals surface area contributed by atoms with Gasteiger partial charge in [-0.1, -0.05) is 0 Å². The number of piperidine rings is 1. The third-order valence-corrected chi connectivity index (χ3v) is 3.63. The number of hydrogen-bond donors (Lipinski definition) is 1. The Morgan fingerprint density at radius 1 is 1.31 bits per heavy atom. The summed E-state index contributed by atoms with van der Waals surface area (Å²) >= 11 is 0. The molecule has 1 aliphatic heterocycles. The van der Waals surface area contributed by atoms with Crippen LogP contribution in [0.2, 0.25) is 0 Å². The van der Waals surface area contributed by atoms with E-state index in [1.165, 1.54) is 12.8 Å². The lowest BCUT2D eigenvalue weighted by Crippen LogP contribution is -2.32. The van der Waals surface area contributed by atoms with Crippen molar-refractivity contribution in [3.05, 3.63) is 0 Å². The van der Waals surface area contributed by atoms with Crippen molar-refractivity contribution >= 4 is 5.97 Å². The Morgan fingerprint density at radius 2 is 2.06 bits per heavy atom. The van der Waals surface area contributed by atoms with E-state index in [1.54, 1.807) is 0 Å². The first-order valence-corrected chi connectivity index (χ1v) is 6.36. The second-order valence-electron chi connectivity index (χ2n) is 6.31. The molecule has 16 heavy (non-hydrogen) atoms. The van der Waals surface area contributed by atoms with Crippen LogP contribution in [0.25, 0.3) is 0 Å². The quantitative estimate of drug-likeness (QED) is 0.730. The highest BCUT2D eigenvalue weighted by Crippen LogP contribution is 2.40. The molecule has 2 aliphatic rings. The van der Waals surface area contributed by atoms with E-state index in [0.29, 0.717) is 18.3 Å². The van der Waals surface area contributed by atoms with Gasteiger partial charge in [-0.15, -0.1) is 0 Å². The largest absolute Gasteiger partial charge is 0.460 e. The van der Waals surface area contributed by atoms with Crippen LogP contribution in [0, 0.1) is 17.8 Å². The van der Waals surface area contributed by atoms with Gasteiger partial charge < -0.3 is 10.1 Å². The number of esters is 1. The molecule has 1 heterocycles. The fourth-order valence-corrected chi connectivity index (χ4v) is 3.07. The van der Waals surface area contributed by atoms with Crippen molar-refractivity contribution < 1.29 is 9.53 Å². The van der Waals surface area contributed by atoms with Crippen molar-refractivity contribution in [3.63, 3.8) is 0 Å².